The standard InChI is InChI=1S/C11H14O3S/c1-8-5-6-15-10(8)7-9(12)3-4-11(13)14-2/h5-6H,3-4,7H2,1-2H3. The Labute approximate surface area is 93.1 Å². The van der Waals surface area contributed by atoms with Gasteiger partial charge >= 0.3 is 5.97 Å². The number of thiophene rings is 1. The van der Waals surface area contributed by atoms with Gasteiger partial charge in [0.2, 0.25) is 0 Å². The largest absolute Gasteiger partial charge is 0.469 e. The van der Waals surface area contributed by atoms with Gasteiger partial charge in [0, 0.05) is 17.7 Å². The molecule has 0 N–H and O–H groups in total. The number of ether oxygens (including phenoxy) is 1. The van der Waals surface area contributed by atoms with E-state index < -0.39 is 0 Å². The Kier molecular flexibility index (Phi) is 4.49. The summed E-state index contributed by atoms with van der Waals surface area (Å²) in [5.74, 6) is -0.239. The molecule has 15 heavy (non-hydrogen) atoms. The second kappa shape index (κ2) is 5.66. The van der Waals surface area contributed by atoms with Gasteiger partial charge in [-0.05, 0) is 23.9 Å². The Morgan fingerprint density at radius 1 is 1.40 bits per heavy atom. The zero-order valence-electron chi connectivity index (χ0n) is 8.91. The molecule has 0 radical (unpaired) electrons. The van der Waals surface area contributed by atoms with Crippen LogP contribution in [0.3, 0.4) is 0 Å². The van der Waals surface area contributed by atoms with Crippen LogP contribution < -0.4 is 0 Å². The number of ketones is 1. The maximum absolute atomic E-state index is 11.5. The Hall–Kier alpha value is -1.16. The maximum Gasteiger partial charge on any atom is 0.305 e. The van der Waals surface area contributed by atoms with Gasteiger partial charge in [-0.1, -0.05) is 0 Å². The first-order valence-corrected chi connectivity index (χ1v) is 5.63. The molecule has 0 unspecified atom stereocenters. The average Bonchev–Trinajstić information content (AvgIpc) is 2.61. The summed E-state index contributed by atoms with van der Waals surface area (Å²) in [5, 5.41) is 1.97. The SMILES string of the molecule is COC(=O)CCC(=O)Cc1sccc1C. The second-order valence-electron chi connectivity index (χ2n) is 3.32. The molecular weight excluding hydrogens is 212 g/mol. The first-order chi connectivity index (χ1) is 7.13. The summed E-state index contributed by atoms with van der Waals surface area (Å²) < 4.78 is 4.47. The highest BCUT2D eigenvalue weighted by Gasteiger charge is 2.09. The van der Waals surface area contributed by atoms with Crippen LogP contribution in [0.5, 0.6) is 0 Å². The van der Waals surface area contributed by atoms with Gasteiger partial charge < -0.3 is 4.74 Å². The summed E-state index contributed by atoms with van der Waals surface area (Å²) in [7, 11) is 1.33. The van der Waals surface area contributed by atoms with E-state index in [1.165, 1.54) is 7.11 Å². The van der Waals surface area contributed by atoms with Crippen molar-refractivity contribution < 1.29 is 14.3 Å². The lowest BCUT2D eigenvalue weighted by molar-refractivity contribution is -0.141. The molecule has 0 atom stereocenters. The topological polar surface area (TPSA) is 43.4 Å². The molecule has 0 saturated heterocycles. The van der Waals surface area contributed by atoms with Crippen molar-refractivity contribution in [1.82, 2.24) is 0 Å². The molecule has 0 amide bonds. The monoisotopic (exact) mass is 226 g/mol. The van der Waals surface area contributed by atoms with Crippen LogP contribution in [0.1, 0.15) is 23.3 Å². The molecule has 3 nitrogen and oxygen atoms in total. The molecule has 0 aliphatic rings. The van der Waals surface area contributed by atoms with Crippen LogP contribution in [0.15, 0.2) is 11.4 Å². The molecule has 0 saturated carbocycles. The minimum atomic E-state index is -0.328. The molecule has 4 heteroatoms. The van der Waals surface area contributed by atoms with E-state index >= 15 is 0 Å². The zero-order valence-corrected chi connectivity index (χ0v) is 9.73. The van der Waals surface area contributed by atoms with E-state index in [0.717, 1.165) is 10.4 Å². The number of esters is 1. The van der Waals surface area contributed by atoms with E-state index in [0.29, 0.717) is 6.42 Å². The summed E-state index contributed by atoms with van der Waals surface area (Å²) in [6, 6.07) is 1.99. The Morgan fingerprint density at radius 2 is 2.13 bits per heavy atom. The third-order valence-electron chi connectivity index (χ3n) is 2.16. The van der Waals surface area contributed by atoms with Crippen molar-refractivity contribution >= 4 is 23.1 Å². The first-order valence-electron chi connectivity index (χ1n) is 4.75. The van der Waals surface area contributed by atoms with Crippen LogP contribution in [0.25, 0.3) is 0 Å². The van der Waals surface area contributed by atoms with Crippen LogP contribution in [0, 0.1) is 6.92 Å². The van der Waals surface area contributed by atoms with Crippen molar-refractivity contribution in [2.45, 2.75) is 26.2 Å². The minimum Gasteiger partial charge on any atom is -0.469 e. The van der Waals surface area contributed by atoms with Crippen molar-refractivity contribution in [1.29, 1.82) is 0 Å². The summed E-state index contributed by atoms with van der Waals surface area (Å²) >= 11 is 1.58. The Bertz CT molecular complexity index is 354. The van der Waals surface area contributed by atoms with E-state index in [9.17, 15) is 9.59 Å². The number of methoxy groups -OCH3 is 1. The van der Waals surface area contributed by atoms with Gasteiger partial charge in [-0.2, -0.15) is 0 Å². The second-order valence-corrected chi connectivity index (χ2v) is 4.32. The van der Waals surface area contributed by atoms with Crippen molar-refractivity contribution in [2.75, 3.05) is 7.11 Å². The van der Waals surface area contributed by atoms with Gasteiger partial charge in [0.15, 0.2) is 0 Å². The molecule has 0 fully saturated rings. The quantitative estimate of drug-likeness (QED) is 0.722. The molecule has 1 aromatic rings. The fraction of sp³-hybridized carbons (Fsp3) is 0.455. The van der Waals surface area contributed by atoms with Gasteiger partial charge in [-0.25, -0.2) is 0 Å². The summed E-state index contributed by atoms with van der Waals surface area (Å²) in [4.78, 5) is 23.4. The normalized spacial score (nSPS) is 10.0. The number of hydrogen-bond donors (Lipinski definition) is 0. The Balaban J connectivity index is 2.37. The molecule has 1 aromatic heterocycles. The zero-order chi connectivity index (χ0) is 11.3. The number of carbonyl (C=O) groups is 2. The highest BCUT2D eigenvalue weighted by Crippen LogP contribution is 2.17. The van der Waals surface area contributed by atoms with Gasteiger partial charge in [-0.3, -0.25) is 9.59 Å². The summed E-state index contributed by atoms with van der Waals surface area (Å²) in [6.07, 6.45) is 0.879. The predicted octanol–water partition coefficient (Wildman–Crippen LogP) is 2.12. The van der Waals surface area contributed by atoms with Crippen molar-refractivity contribution in [3.05, 3.63) is 21.9 Å². The third-order valence-corrected chi connectivity index (χ3v) is 3.18. The third kappa shape index (κ3) is 3.83. The van der Waals surface area contributed by atoms with Gasteiger partial charge in [-0.15, -0.1) is 11.3 Å². The van der Waals surface area contributed by atoms with E-state index in [2.05, 4.69) is 4.74 Å². The van der Waals surface area contributed by atoms with Crippen LogP contribution >= 0.6 is 11.3 Å². The molecule has 0 aliphatic carbocycles. The first kappa shape index (κ1) is 11.9. The van der Waals surface area contributed by atoms with Gasteiger partial charge in [0.05, 0.1) is 13.5 Å². The summed E-state index contributed by atoms with van der Waals surface area (Å²) in [6.45, 7) is 1.99. The molecule has 1 heterocycles. The predicted molar refractivity (Wildman–Crippen MR) is 59.0 cm³/mol. The maximum atomic E-state index is 11.5. The van der Waals surface area contributed by atoms with E-state index in [1.54, 1.807) is 11.3 Å². The number of aryl methyl sites for hydroxylation is 1. The van der Waals surface area contributed by atoms with Gasteiger partial charge in [0.25, 0.3) is 0 Å². The lowest BCUT2D eigenvalue weighted by Gasteiger charge is -1.99. The molecule has 0 aromatic carbocycles. The van der Waals surface area contributed by atoms with Crippen LogP contribution in [-0.4, -0.2) is 18.9 Å². The lowest BCUT2D eigenvalue weighted by atomic mass is 10.1. The smallest absolute Gasteiger partial charge is 0.305 e. The van der Waals surface area contributed by atoms with E-state index in [1.807, 2.05) is 18.4 Å². The molecule has 0 aliphatic heterocycles. The van der Waals surface area contributed by atoms with Crippen LogP contribution in [0.2, 0.25) is 0 Å². The van der Waals surface area contributed by atoms with Crippen molar-refractivity contribution in [3.63, 3.8) is 0 Å². The number of carbonyl (C=O) groups excluding carboxylic acids is 2. The van der Waals surface area contributed by atoms with Gasteiger partial charge in [0.1, 0.15) is 5.78 Å². The number of rotatable bonds is 5. The van der Waals surface area contributed by atoms with Crippen LogP contribution in [-0.2, 0) is 20.7 Å². The van der Waals surface area contributed by atoms with Crippen LogP contribution in [0.4, 0.5) is 0 Å². The highest BCUT2D eigenvalue weighted by molar-refractivity contribution is 7.10. The lowest BCUT2D eigenvalue weighted by Crippen LogP contribution is -2.07. The summed E-state index contributed by atoms with van der Waals surface area (Å²) in [5.41, 5.74) is 1.14. The van der Waals surface area contributed by atoms with Crippen molar-refractivity contribution in [3.8, 4) is 0 Å². The highest BCUT2D eigenvalue weighted by atomic mass is 32.1. The fourth-order valence-electron chi connectivity index (χ4n) is 1.20. The van der Waals surface area contributed by atoms with E-state index in [-0.39, 0.29) is 24.6 Å². The average molecular weight is 226 g/mol. The van der Waals surface area contributed by atoms with Crippen molar-refractivity contribution in [2.24, 2.45) is 0 Å². The number of hydrogen-bond acceptors (Lipinski definition) is 4. The molecular formula is C11H14O3S. The number of Topliss-reactive ketones (excluding diaryl/α,β-unsaturated/α-hetero) is 1. The molecule has 0 bridgehead atoms. The minimum absolute atomic E-state index is 0.0888. The molecule has 0 spiro atoms. The molecule has 1 rings (SSSR count). The fourth-order valence-corrected chi connectivity index (χ4v) is 2.13. The van der Waals surface area contributed by atoms with E-state index in [4.69, 9.17) is 0 Å². The molecule has 82 valence electrons. The Morgan fingerprint density at radius 3 is 2.67 bits per heavy atom.